The highest BCUT2D eigenvalue weighted by molar-refractivity contribution is 7.15. The van der Waals surface area contributed by atoms with E-state index in [4.69, 9.17) is 15.2 Å². The normalized spacial score (nSPS) is 18.1. The number of fused-ring (bicyclic) bond motifs is 2. The van der Waals surface area contributed by atoms with Gasteiger partial charge in [-0.1, -0.05) is 0 Å². The Morgan fingerprint density at radius 1 is 1.29 bits per heavy atom. The van der Waals surface area contributed by atoms with Crippen molar-refractivity contribution < 1.29 is 19.1 Å². The molecule has 1 atom stereocenters. The van der Waals surface area contributed by atoms with E-state index in [9.17, 15) is 9.59 Å². The zero-order valence-electron chi connectivity index (χ0n) is 12.7. The van der Waals surface area contributed by atoms with Gasteiger partial charge in [-0.05, 0) is 37.5 Å². The molecule has 8 heteroatoms. The van der Waals surface area contributed by atoms with Gasteiger partial charge in [0.1, 0.15) is 0 Å². The van der Waals surface area contributed by atoms with E-state index in [2.05, 4.69) is 10.3 Å². The maximum Gasteiger partial charge on any atom is 0.257 e. The first-order valence-electron chi connectivity index (χ1n) is 7.62. The molecule has 2 amide bonds. The van der Waals surface area contributed by atoms with Crippen molar-refractivity contribution in [1.82, 2.24) is 4.98 Å². The standard InChI is InChI=1S/C16H15N3O4S/c17-14(20)9-2-1-3-12-13(9)18-16(24-12)19-15(21)8-4-5-10-11(6-8)23-7-22-10/h4-6,9H,1-3,7H2,(H2,17,20)(H,18,19,21)/t9-/m0/s1. The zero-order chi connectivity index (χ0) is 16.7. The van der Waals surface area contributed by atoms with Gasteiger partial charge in [-0.2, -0.15) is 0 Å². The molecule has 2 aliphatic rings. The van der Waals surface area contributed by atoms with Crippen molar-refractivity contribution in [3.63, 3.8) is 0 Å². The van der Waals surface area contributed by atoms with Crippen LogP contribution in [0.1, 0.15) is 39.7 Å². The largest absolute Gasteiger partial charge is 0.454 e. The highest BCUT2D eigenvalue weighted by atomic mass is 32.1. The molecule has 0 saturated heterocycles. The van der Waals surface area contributed by atoms with Gasteiger partial charge in [0, 0.05) is 10.4 Å². The maximum absolute atomic E-state index is 12.4. The summed E-state index contributed by atoms with van der Waals surface area (Å²) in [5, 5.41) is 3.27. The summed E-state index contributed by atoms with van der Waals surface area (Å²) >= 11 is 1.40. The first-order chi connectivity index (χ1) is 11.6. The van der Waals surface area contributed by atoms with E-state index >= 15 is 0 Å². The molecule has 0 unspecified atom stereocenters. The number of thiazole rings is 1. The summed E-state index contributed by atoms with van der Waals surface area (Å²) in [7, 11) is 0. The van der Waals surface area contributed by atoms with Gasteiger partial charge in [-0.25, -0.2) is 4.98 Å². The molecule has 2 aromatic rings. The summed E-state index contributed by atoms with van der Waals surface area (Å²) in [6.07, 6.45) is 2.47. The van der Waals surface area contributed by atoms with Crippen LogP contribution in [0.25, 0.3) is 0 Å². The molecule has 2 heterocycles. The number of hydrogen-bond donors (Lipinski definition) is 2. The third-order valence-corrected chi connectivity index (χ3v) is 5.20. The average molecular weight is 345 g/mol. The van der Waals surface area contributed by atoms with E-state index in [-0.39, 0.29) is 24.5 Å². The van der Waals surface area contributed by atoms with E-state index in [1.165, 1.54) is 11.3 Å². The molecule has 0 radical (unpaired) electrons. The Morgan fingerprint density at radius 3 is 2.96 bits per heavy atom. The van der Waals surface area contributed by atoms with E-state index in [0.717, 1.165) is 17.7 Å². The molecular weight excluding hydrogens is 330 g/mol. The summed E-state index contributed by atoms with van der Waals surface area (Å²) in [6.45, 7) is 0.161. The minimum absolute atomic E-state index is 0.161. The fourth-order valence-corrected chi connectivity index (χ4v) is 4.02. The Morgan fingerprint density at radius 2 is 2.12 bits per heavy atom. The summed E-state index contributed by atoms with van der Waals surface area (Å²) in [5.74, 6) is 0.168. The summed E-state index contributed by atoms with van der Waals surface area (Å²) in [5.41, 5.74) is 6.61. The van der Waals surface area contributed by atoms with Gasteiger partial charge in [-0.15, -0.1) is 11.3 Å². The van der Waals surface area contributed by atoms with Crippen LogP contribution in [0, 0.1) is 0 Å². The van der Waals surface area contributed by atoms with E-state index < -0.39 is 0 Å². The predicted octanol–water partition coefficient (Wildman–Crippen LogP) is 2.03. The molecule has 1 aromatic carbocycles. The van der Waals surface area contributed by atoms with Gasteiger partial charge < -0.3 is 15.2 Å². The van der Waals surface area contributed by atoms with Crippen LogP contribution in [-0.4, -0.2) is 23.6 Å². The molecule has 124 valence electrons. The van der Waals surface area contributed by atoms with Crippen LogP contribution in [0.5, 0.6) is 11.5 Å². The van der Waals surface area contributed by atoms with Crippen LogP contribution in [0.15, 0.2) is 18.2 Å². The van der Waals surface area contributed by atoms with Crippen LogP contribution in [0.4, 0.5) is 5.13 Å². The highest BCUT2D eigenvalue weighted by Gasteiger charge is 2.29. The van der Waals surface area contributed by atoms with Crippen LogP contribution in [-0.2, 0) is 11.2 Å². The minimum Gasteiger partial charge on any atom is -0.454 e. The van der Waals surface area contributed by atoms with Gasteiger partial charge >= 0.3 is 0 Å². The number of benzene rings is 1. The number of nitrogens with zero attached hydrogens (tertiary/aromatic N) is 1. The van der Waals surface area contributed by atoms with Crippen molar-refractivity contribution in [1.29, 1.82) is 0 Å². The lowest BCUT2D eigenvalue weighted by atomic mass is 9.91. The number of carbonyl (C=O) groups excluding carboxylic acids is 2. The zero-order valence-corrected chi connectivity index (χ0v) is 13.5. The molecule has 0 spiro atoms. The number of nitrogens with one attached hydrogen (secondary N) is 1. The van der Waals surface area contributed by atoms with Crippen molar-refractivity contribution in [3.8, 4) is 11.5 Å². The molecule has 0 fully saturated rings. The van der Waals surface area contributed by atoms with Crippen molar-refractivity contribution in [3.05, 3.63) is 34.3 Å². The Bertz CT molecular complexity index is 833. The van der Waals surface area contributed by atoms with E-state index in [1.807, 2.05) is 0 Å². The van der Waals surface area contributed by atoms with E-state index in [0.29, 0.717) is 34.3 Å². The molecule has 1 aliphatic heterocycles. The molecule has 1 aromatic heterocycles. The van der Waals surface area contributed by atoms with Gasteiger partial charge in [0.15, 0.2) is 16.6 Å². The van der Waals surface area contributed by atoms with Gasteiger partial charge in [0.25, 0.3) is 5.91 Å². The number of aryl methyl sites for hydroxylation is 1. The summed E-state index contributed by atoms with van der Waals surface area (Å²) < 4.78 is 10.5. The number of ether oxygens (including phenoxy) is 2. The molecule has 24 heavy (non-hydrogen) atoms. The quantitative estimate of drug-likeness (QED) is 0.886. The van der Waals surface area contributed by atoms with Gasteiger partial charge in [0.05, 0.1) is 11.6 Å². The van der Waals surface area contributed by atoms with Crippen LogP contribution in [0.3, 0.4) is 0 Å². The number of anilines is 1. The number of primary amides is 1. The second kappa shape index (κ2) is 5.79. The number of hydrogen-bond acceptors (Lipinski definition) is 6. The first-order valence-corrected chi connectivity index (χ1v) is 8.43. The molecular formula is C16H15N3O4S. The first kappa shape index (κ1) is 14.9. The van der Waals surface area contributed by atoms with Crippen LogP contribution >= 0.6 is 11.3 Å². The second-order valence-corrected chi connectivity index (χ2v) is 6.78. The predicted molar refractivity (Wildman–Crippen MR) is 87.5 cm³/mol. The lowest BCUT2D eigenvalue weighted by molar-refractivity contribution is -0.119. The molecule has 0 saturated carbocycles. The number of nitrogens with two attached hydrogens (primary N) is 1. The Labute approximate surface area is 141 Å². The molecule has 4 rings (SSSR count). The smallest absolute Gasteiger partial charge is 0.257 e. The maximum atomic E-state index is 12.4. The number of aromatic nitrogens is 1. The van der Waals surface area contributed by atoms with Crippen LogP contribution < -0.4 is 20.5 Å². The van der Waals surface area contributed by atoms with Crippen molar-refractivity contribution in [2.75, 3.05) is 12.1 Å². The fourth-order valence-electron chi connectivity index (χ4n) is 2.96. The number of carbonyl (C=O) groups is 2. The van der Waals surface area contributed by atoms with Gasteiger partial charge in [0.2, 0.25) is 12.7 Å². The third-order valence-electron chi connectivity index (χ3n) is 4.15. The molecule has 3 N–H and O–H groups in total. The minimum atomic E-state index is -0.366. The average Bonchev–Trinajstić information content (AvgIpc) is 3.19. The topological polar surface area (TPSA) is 104 Å². The van der Waals surface area contributed by atoms with Crippen molar-refractivity contribution in [2.45, 2.75) is 25.2 Å². The summed E-state index contributed by atoms with van der Waals surface area (Å²) in [4.78, 5) is 29.4. The number of rotatable bonds is 3. The number of amides is 2. The Hall–Kier alpha value is -2.61. The van der Waals surface area contributed by atoms with Crippen molar-refractivity contribution >= 4 is 28.3 Å². The Balaban J connectivity index is 1.55. The molecule has 0 bridgehead atoms. The summed E-state index contributed by atoms with van der Waals surface area (Å²) in [6, 6.07) is 5.01. The lowest BCUT2D eigenvalue weighted by Crippen LogP contribution is -2.24. The monoisotopic (exact) mass is 345 g/mol. The molecule has 1 aliphatic carbocycles. The molecule has 7 nitrogen and oxygen atoms in total. The SMILES string of the molecule is NC(=O)[C@H]1CCCc2sc(NC(=O)c3ccc4c(c3)OCO4)nc21. The second-order valence-electron chi connectivity index (χ2n) is 5.70. The van der Waals surface area contributed by atoms with Crippen molar-refractivity contribution in [2.24, 2.45) is 5.73 Å². The lowest BCUT2D eigenvalue weighted by Gasteiger charge is -2.17. The highest BCUT2D eigenvalue weighted by Crippen LogP contribution is 2.37. The third kappa shape index (κ3) is 2.58. The van der Waals surface area contributed by atoms with E-state index in [1.54, 1.807) is 18.2 Å². The Kier molecular flexibility index (Phi) is 3.61. The van der Waals surface area contributed by atoms with Gasteiger partial charge in [-0.3, -0.25) is 14.9 Å². The fraction of sp³-hybridized carbons (Fsp3) is 0.312. The van der Waals surface area contributed by atoms with Crippen LogP contribution in [0.2, 0.25) is 0 Å².